The topological polar surface area (TPSA) is 93.3 Å². The second-order valence-electron chi connectivity index (χ2n) is 5.14. The van der Waals surface area contributed by atoms with E-state index in [1.807, 2.05) is 6.07 Å². The Morgan fingerprint density at radius 3 is 2.58 bits per heavy atom. The molecule has 1 aromatic heterocycles. The Bertz CT molecular complexity index is 1000. The Kier molecular flexibility index (Phi) is 4.48. The molecule has 0 aliphatic carbocycles. The standard InChI is InChI=1S/C16H10F3N5O2/c17-16(18,19)10-5-6-14(15(7-10)24(25)26)23-21-9-11-8-20-12-3-1-2-4-13(12)22-11/h1-9,23H/b21-9-. The van der Waals surface area contributed by atoms with Gasteiger partial charge in [0, 0.05) is 6.07 Å². The van der Waals surface area contributed by atoms with E-state index < -0.39 is 22.4 Å². The van der Waals surface area contributed by atoms with Crippen LogP contribution in [0.25, 0.3) is 11.0 Å². The van der Waals surface area contributed by atoms with Crippen molar-refractivity contribution in [3.8, 4) is 0 Å². The lowest BCUT2D eigenvalue weighted by Crippen LogP contribution is -2.06. The fourth-order valence-corrected chi connectivity index (χ4v) is 2.16. The van der Waals surface area contributed by atoms with Crippen molar-refractivity contribution in [1.82, 2.24) is 9.97 Å². The van der Waals surface area contributed by atoms with Crippen LogP contribution in [0.15, 0.2) is 53.8 Å². The minimum absolute atomic E-state index is 0.173. The predicted molar refractivity (Wildman–Crippen MR) is 88.9 cm³/mol. The first-order valence-corrected chi connectivity index (χ1v) is 7.21. The van der Waals surface area contributed by atoms with Gasteiger partial charge in [0.15, 0.2) is 0 Å². The minimum atomic E-state index is -4.67. The molecule has 2 aromatic carbocycles. The lowest BCUT2D eigenvalue weighted by Gasteiger charge is -2.08. The van der Waals surface area contributed by atoms with Gasteiger partial charge in [-0.2, -0.15) is 18.3 Å². The van der Waals surface area contributed by atoms with Gasteiger partial charge < -0.3 is 0 Å². The normalized spacial score (nSPS) is 11.8. The number of anilines is 1. The highest BCUT2D eigenvalue weighted by molar-refractivity contribution is 5.82. The maximum Gasteiger partial charge on any atom is 0.416 e. The summed E-state index contributed by atoms with van der Waals surface area (Å²) in [7, 11) is 0. The van der Waals surface area contributed by atoms with Gasteiger partial charge in [0.1, 0.15) is 11.4 Å². The molecule has 1 N–H and O–H groups in total. The monoisotopic (exact) mass is 361 g/mol. The van der Waals surface area contributed by atoms with Gasteiger partial charge in [0.25, 0.3) is 5.69 Å². The van der Waals surface area contributed by atoms with E-state index in [2.05, 4.69) is 20.5 Å². The van der Waals surface area contributed by atoms with Gasteiger partial charge in [-0.1, -0.05) is 12.1 Å². The molecule has 26 heavy (non-hydrogen) atoms. The third-order valence-electron chi connectivity index (χ3n) is 3.37. The minimum Gasteiger partial charge on any atom is -0.272 e. The molecule has 0 fully saturated rings. The first-order valence-electron chi connectivity index (χ1n) is 7.21. The molecule has 10 heteroatoms. The van der Waals surface area contributed by atoms with Crippen LogP contribution in [0.1, 0.15) is 11.3 Å². The maximum absolute atomic E-state index is 12.7. The highest BCUT2D eigenvalue weighted by Gasteiger charge is 2.33. The summed E-state index contributed by atoms with van der Waals surface area (Å²) < 4.78 is 38.0. The number of nitrogens with zero attached hydrogens (tertiary/aromatic N) is 4. The van der Waals surface area contributed by atoms with Gasteiger partial charge in [-0.15, -0.1) is 0 Å². The molecule has 0 saturated carbocycles. The van der Waals surface area contributed by atoms with Crippen LogP contribution in [0.5, 0.6) is 0 Å². The second-order valence-corrected chi connectivity index (χ2v) is 5.14. The highest BCUT2D eigenvalue weighted by atomic mass is 19.4. The number of halogens is 3. The summed E-state index contributed by atoms with van der Waals surface area (Å²) in [6.07, 6.45) is -1.96. The molecule has 3 aromatic rings. The average molecular weight is 361 g/mol. The first-order chi connectivity index (χ1) is 12.3. The van der Waals surface area contributed by atoms with Crippen molar-refractivity contribution in [2.45, 2.75) is 6.18 Å². The molecule has 0 radical (unpaired) electrons. The Morgan fingerprint density at radius 1 is 1.15 bits per heavy atom. The van der Waals surface area contributed by atoms with Crippen molar-refractivity contribution in [1.29, 1.82) is 0 Å². The molecule has 0 atom stereocenters. The fraction of sp³-hybridized carbons (Fsp3) is 0.0625. The molecule has 0 unspecified atom stereocenters. The number of nitro benzene ring substituents is 1. The molecule has 0 aliphatic heterocycles. The van der Waals surface area contributed by atoms with Crippen LogP contribution in [-0.2, 0) is 6.18 Å². The summed E-state index contributed by atoms with van der Waals surface area (Å²) in [4.78, 5) is 18.5. The van der Waals surface area contributed by atoms with E-state index in [4.69, 9.17) is 0 Å². The Labute approximate surface area is 144 Å². The van der Waals surface area contributed by atoms with Crippen LogP contribution in [0.3, 0.4) is 0 Å². The van der Waals surface area contributed by atoms with Crippen LogP contribution in [0.4, 0.5) is 24.5 Å². The summed E-state index contributed by atoms with van der Waals surface area (Å²) in [5.41, 5.74) is 2.05. The molecule has 0 spiro atoms. The third-order valence-corrected chi connectivity index (χ3v) is 3.37. The second kappa shape index (κ2) is 6.75. The number of fused-ring (bicyclic) bond motifs is 1. The van der Waals surface area contributed by atoms with E-state index in [-0.39, 0.29) is 5.69 Å². The quantitative estimate of drug-likeness (QED) is 0.431. The van der Waals surface area contributed by atoms with E-state index >= 15 is 0 Å². The van der Waals surface area contributed by atoms with Gasteiger partial charge in [-0.3, -0.25) is 20.5 Å². The maximum atomic E-state index is 12.7. The van der Waals surface area contributed by atoms with Crippen molar-refractivity contribution in [3.05, 3.63) is 70.0 Å². The van der Waals surface area contributed by atoms with E-state index in [9.17, 15) is 23.3 Å². The van der Waals surface area contributed by atoms with E-state index in [1.165, 1.54) is 12.4 Å². The van der Waals surface area contributed by atoms with E-state index in [1.54, 1.807) is 18.2 Å². The van der Waals surface area contributed by atoms with Crippen molar-refractivity contribution in [3.63, 3.8) is 0 Å². The summed E-state index contributed by atoms with van der Waals surface area (Å²) >= 11 is 0. The SMILES string of the molecule is O=[N+]([O-])c1cc(C(F)(F)F)ccc1N/N=C\c1cnc2ccccc2n1. The lowest BCUT2D eigenvalue weighted by atomic mass is 10.1. The number of nitro groups is 1. The van der Waals surface area contributed by atoms with E-state index in [0.29, 0.717) is 22.8 Å². The molecule has 7 nitrogen and oxygen atoms in total. The smallest absolute Gasteiger partial charge is 0.272 e. The molecule has 132 valence electrons. The van der Waals surface area contributed by atoms with Crippen LogP contribution >= 0.6 is 0 Å². The van der Waals surface area contributed by atoms with Crippen molar-refractivity contribution in [2.75, 3.05) is 5.43 Å². The molecule has 0 bridgehead atoms. The predicted octanol–water partition coefficient (Wildman–Crippen LogP) is 4.00. The molecular formula is C16H10F3N5O2. The third kappa shape index (κ3) is 3.74. The zero-order chi connectivity index (χ0) is 18.7. The number of rotatable bonds is 4. The summed E-state index contributed by atoms with van der Waals surface area (Å²) in [5.74, 6) is 0. The van der Waals surface area contributed by atoms with Crippen molar-refractivity contribution in [2.24, 2.45) is 5.10 Å². The van der Waals surface area contributed by atoms with Gasteiger partial charge in [-0.25, -0.2) is 4.98 Å². The molecule has 0 saturated heterocycles. The number of benzene rings is 2. The van der Waals surface area contributed by atoms with Crippen molar-refractivity contribution >= 4 is 28.6 Å². The number of nitrogens with one attached hydrogen (secondary N) is 1. The fourth-order valence-electron chi connectivity index (χ4n) is 2.16. The summed E-state index contributed by atoms with van der Waals surface area (Å²) in [5, 5.41) is 14.8. The zero-order valence-corrected chi connectivity index (χ0v) is 12.9. The Hall–Kier alpha value is -3.56. The highest BCUT2D eigenvalue weighted by Crippen LogP contribution is 2.34. The largest absolute Gasteiger partial charge is 0.416 e. The van der Waals surface area contributed by atoms with Crippen LogP contribution in [0.2, 0.25) is 0 Å². The molecule has 0 aliphatic rings. The zero-order valence-electron chi connectivity index (χ0n) is 12.9. The average Bonchev–Trinajstić information content (AvgIpc) is 2.60. The first kappa shape index (κ1) is 17.3. The Balaban J connectivity index is 1.83. The van der Waals surface area contributed by atoms with Crippen molar-refractivity contribution < 1.29 is 18.1 Å². The van der Waals surface area contributed by atoms with Gasteiger partial charge in [0.05, 0.1) is 33.9 Å². The van der Waals surface area contributed by atoms with E-state index in [0.717, 1.165) is 12.1 Å². The van der Waals surface area contributed by atoms with Gasteiger partial charge in [0.2, 0.25) is 0 Å². The number of aromatic nitrogens is 2. The number of hydrazone groups is 1. The van der Waals surface area contributed by atoms with Gasteiger partial charge in [-0.05, 0) is 24.3 Å². The summed E-state index contributed by atoms with van der Waals surface area (Å²) in [6, 6.07) is 9.29. The summed E-state index contributed by atoms with van der Waals surface area (Å²) in [6.45, 7) is 0. The molecule has 1 heterocycles. The van der Waals surface area contributed by atoms with Crippen LogP contribution < -0.4 is 5.43 Å². The number of alkyl halides is 3. The molecule has 3 rings (SSSR count). The van der Waals surface area contributed by atoms with Crippen LogP contribution in [0, 0.1) is 10.1 Å². The van der Waals surface area contributed by atoms with Gasteiger partial charge >= 0.3 is 6.18 Å². The lowest BCUT2D eigenvalue weighted by molar-refractivity contribution is -0.384. The number of hydrogen-bond acceptors (Lipinski definition) is 6. The Morgan fingerprint density at radius 2 is 1.88 bits per heavy atom. The molecular weight excluding hydrogens is 351 g/mol. The number of para-hydroxylation sites is 2. The molecule has 0 amide bonds. The number of hydrogen-bond donors (Lipinski definition) is 1. The van der Waals surface area contributed by atoms with Crippen LogP contribution in [-0.4, -0.2) is 21.1 Å².